The fraction of sp³-hybridized carbons (Fsp3) is 0. The van der Waals surface area contributed by atoms with Crippen molar-refractivity contribution < 1.29 is 0 Å². The van der Waals surface area contributed by atoms with Crippen molar-refractivity contribution in [3.05, 3.63) is 206 Å². The molecule has 10 rings (SSSR count). The van der Waals surface area contributed by atoms with Gasteiger partial charge in [0.15, 0.2) is 17.5 Å². The second kappa shape index (κ2) is 14.3. The lowest BCUT2D eigenvalue weighted by Crippen LogP contribution is -2.00. The van der Waals surface area contributed by atoms with Crippen LogP contribution in [0.2, 0.25) is 0 Å². The van der Waals surface area contributed by atoms with Crippen molar-refractivity contribution in [2.45, 2.75) is 0 Å². The molecule has 0 saturated heterocycles. The van der Waals surface area contributed by atoms with Gasteiger partial charge in [-0.2, -0.15) is 0 Å². The Morgan fingerprint density at radius 2 is 0.714 bits per heavy atom. The van der Waals surface area contributed by atoms with E-state index in [4.69, 9.17) is 19.9 Å². The molecular weight excluding hydrogens is 681 g/mol. The first-order valence-electron chi connectivity index (χ1n) is 18.8. The van der Waals surface area contributed by atoms with E-state index in [1.807, 2.05) is 66.7 Å². The molecule has 0 saturated carbocycles. The molecule has 4 nitrogen and oxygen atoms in total. The molecule has 0 aliphatic carbocycles. The van der Waals surface area contributed by atoms with Crippen molar-refractivity contribution in [2.24, 2.45) is 0 Å². The van der Waals surface area contributed by atoms with Gasteiger partial charge in [-0.3, -0.25) is 0 Å². The van der Waals surface area contributed by atoms with E-state index in [1.54, 1.807) is 0 Å². The summed E-state index contributed by atoms with van der Waals surface area (Å²) in [4.78, 5) is 20.1. The summed E-state index contributed by atoms with van der Waals surface area (Å²) in [6, 6.07) is 71.8. The van der Waals surface area contributed by atoms with Gasteiger partial charge in [0.05, 0.1) is 11.2 Å². The first kappa shape index (κ1) is 33.0. The third-order valence-electron chi connectivity index (χ3n) is 10.3. The Morgan fingerprint density at radius 3 is 1.32 bits per heavy atom. The molecule has 0 fully saturated rings. The largest absolute Gasteiger partial charge is 0.248 e. The van der Waals surface area contributed by atoms with E-state index < -0.39 is 0 Å². The third kappa shape index (κ3) is 6.29. The number of hydrogen-bond acceptors (Lipinski definition) is 4. The molecule has 0 aliphatic heterocycles. The van der Waals surface area contributed by atoms with Crippen molar-refractivity contribution in [3.63, 3.8) is 0 Å². The minimum atomic E-state index is 0.634. The highest BCUT2D eigenvalue weighted by atomic mass is 15.0. The number of rotatable bonds is 7. The minimum absolute atomic E-state index is 0.634. The Bertz CT molecular complexity index is 2940. The van der Waals surface area contributed by atoms with Gasteiger partial charge in [0.2, 0.25) is 0 Å². The van der Waals surface area contributed by atoms with Gasteiger partial charge in [0.25, 0.3) is 0 Å². The summed E-state index contributed by atoms with van der Waals surface area (Å²) in [6.07, 6.45) is 0. The van der Waals surface area contributed by atoms with E-state index in [-0.39, 0.29) is 0 Å². The van der Waals surface area contributed by atoms with E-state index >= 15 is 0 Å². The molecule has 0 aliphatic rings. The highest BCUT2D eigenvalue weighted by Crippen LogP contribution is 2.40. The number of pyridine rings is 1. The maximum Gasteiger partial charge on any atom is 0.164 e. The molecule has 4 heteroatoms. The first-order chi connectivity index (χ1) is 27.7. The first-order valence-corrected chi connectivity index (χ1v) is 18.8. The SMILES string of the molecule is c1ccc(-c2cc(-c3ccccc3)c3c(ccc4c(-c5cccc(-c6cccc(-c7nc(-c8ccccc8)nc(-c8ccccc8)n7)c6)c5)cccc43)n2)cc1. The van der Waals surface area contributed by atoms with E-state index in [9.17, 15) is 0 Å². The van der Waals surface area contributed by atoms with Crippen LogP contribution in [0, 0.1) is 0 Å². The Hall–Kier alpha value is -7.56. The van der Waals surface area contributed by atoms with Crippen molar-refractivity contribution in [1.82, 2.24) is 19.9 Å². The van der Waals surface area contributed by atoms with Gasteiger partial charge in [0.1, 0.15) is 0 Å². The summed E-state index contributed by atoms with van der Waals surface area (Å²) < 4.78 is 0. The van der Waals surface area contributed by atoms with Crippen LogP contribution in [0.25, 0.3) is 100 Å². The molecule has 262 valence electrons. The molecular formula is C52H34N4. The molecule has 2 heterocycles. The average molecular weight is 715 g/mol. The molecule has 8 aromatic carbocycles. The second-order valence-corrected chi connectivity index (χ2v) is 13.8. The van der Waals surface area contributed by atoms with Crippen LogP contribution in [0.4, 0.5) is 0 Å². The molecule has 0 radical (unpaired) electrons. The smallest absolute Gasteiger partial charge is 0.164 e. The fourth-order valence-corrected chi connectivity index (χ4v) is 7.59. The monoisotopic (exact) mass is 714 g/mol. The van der Waals surface area contributed by atoms with Gasteiger partial charge in [-0.25, -0.2) is 19.9 Å². The van der Waals surface area contributed by atoms with Crippen LogP contribution in [0.1, 0.15) is 0 Å². The lowest BCUT2D eigenvalue weighted by atomic mass is 9.90. The Morgan fingerprint density at radius 1 is 0.250 bits per heavy atom. The van der Waals surface area contributed by atoms with Gasteiger partial charge < -0.3 is 0 Å². The van der Waals surface area contributed by atoms with Crippen molar-refractivity contribution in [1.29, 1.82) is 0 Å². The van der Waals surface area contributed by atoms with Crippen LogP contribution >= 0.6 is 0 Å². The van der Waals surface area contributed by atoms with Gasteiger partial charge in [-0.05, 0) is 68.4 Å². The van der Waals surface area contributed by atoms with Crippen LogP contribution in [0.5, 0.6) is 0 Å². The molecule has 0 amide bonds. The Balaban J connectivity index is 1.08. The molecule has 0 unspecified atom stereocenters. The van der Waals surface area contributed by atoms with Crippen molar-refractivity contribution in [3.8, 4) is 78.8 Å². The summed E-state index contributed by atoms with van der Waals surface area (Å²) in [6.45, 7) is 0. The molecule has 0 atom stereocenters. The van der Waals surface area contributed by atoms with E-state index in [0.717, 1.165) is 55.5 Å². The van der Waals surface area contributed by atoms with Gasteiger partial charge in [0, 0.05) is 27.6 Å². The lowest BCUT2D eigenvalue weighted by molar-refractivity contribution is 1.07. The molecule has 0 spiro atoms. The summed E-state index contributed by atoms with van der Waals surface area (Å²) >= 11 is 0. The van der Waals surface area contributed by atoms with Crippen LogP contribution in [0.3, 0.4) is 0 Å². The second-order valence-electron chi connectivity index (χ2n) is 13.8. The number of hydrogen-bond donors (Lipinski definition) is 0. The number of nitrogens with zero attached hydrogens (tertiary/aromatic N) is 4. The maximum absolute atomic E-state index is 5.20. The van der Waals surface area contributed by atoms with E-state index in [0.29, 0.717) is 17.5 Å². The van der Waals surface area contributed by atoms with Crippen LogP contribution < -0.4 is 0 Å². The zero-order chi connectivity index (χ0) is 37.3. The average Bonchev–Trinajstić information content (AvgIpc) is 3.29. The topological polar surface area (TPSA) is 51.6 Å². The summed E-state index contributed by atoms with van der Waals surface area (Å²) in [5.41, 5.74) is 12.7. The van der Waals surface area contributed by atoms with Crippen LogP contribution in [-0.4, -0.2) is 19.9 Å². The summed E-state index contributed by atoms with van der Waals surface area (Å²) in [5.74, 6) is 1.93. The van der Waals surface area contributed by atoms with E-state index in [1.165, 1.54) is 27.5 Å². The zero-order valence-electron chi connectivity index (χ0n) is 30.4. The Kier molecular flexibility index (Phi) is 8.47. The highest BCUT2D eigenvalue weighted by molar-refractivity contribution is 6.17. The van der Waals surface area contributed by atoms with Crippen LogP contribution in [-0.2, 0) is 0 Å². The summed E-state index contributed by atoms with van der Waals surface area (Å²) in [5, 5.41) is 3.52. The number of benzene rings is 8. The maximum atomic E-state index is 5.20. The van der Waals surface area contributed by atoms with Crippen LogP contribution in [0.15, 0.2) is 206 Å². The highest BCUT2D eigenvalue weighted by Gasteiger charge is 2.16. The van der Waals surface area contributed by atoms with Gasteiger partial charge in [-0.1, -0.05) is 182 Å². The minimum Gasteiger partial charge on any atom is -0.248 e. The van der Waals surface area contributed by atoms with Crippen molar-refractivity contribution in [2.75, 3.05) is 0 Å². The number of aromatic nitrogens is 4. The van der Waals surface area contributed by atoms with Gasteiger partial charge >= 0.3 is 0 Å². The normalized spacial score (nSPS) is 11.2. The standard InChI is InChI=1S/C52H34N4/c1-5-16-35(17-6-1)46-34-48(36-18-7-2-8-19-36)53-47-31-30-44-43(28-15-29-45(44)49(46)47)41-26-13-24-39(32-41)40-25-14-27-42(33-40)52-55-50(37-20-9-3-10-21-37)54-51(56-52)38-22-11-4-12-23-38/h1-34H. The predicted octanol–water partition coefficient (Wildman–Crippen LogP) is 13.2. The molecule has 2 aromatic heterocycles. The molecule has 56 heavy (non-hydrogen) atoms. The van der Waals surface area contributed by atoms with E-state index in [2.05, 4.69) is 140 Å². The third-order valence-corrected chi connectivity index (χ3v) is 10.3. The van der Waals surface area contributed by atoms with Crippen molar-refractivity contribution >= 4 is 21.7 Å². The number of fused-ring (bicyclic) bond motifs is 3. The Labute approximate surface area is 325 Å². The molecule has 10 aromatic rings. The summed E-state index contributed by atoms with van der Waals surface area (Å²) in [7, 11) is 0. The zero-order valence-corrected chi connectivity index (χ0v) is 30.4. The molecule has 0 bridgehead atoms. The fourth-order valence-electron chi connectivity index (χ4n) is 7.59. The lowest BCUT2D eigenvalue weighted by Gasteiger charge is -2.15. The quantitative estimate of drug-likeness (QED) is 0.154. The molecule has 0 N–H and O–H groups in total. The van der Waals surface area contributed by atoms with Gasteiger partial charge in [-0.15, -0.1) is 0 Å². The predicted molar refractivity (Wildman–Crippen MR) is 231 cm³/mol.